The highest BCUT2D eigenvalue weighted by atomic mass is 14.4. The van der Waals surface area contributed by atoms with Crippen LogP contribution in [0.1, 0.15) is 32.6 Å². The maximum absolute atomic E-state index is 2.42. The van der Waals surface area contributed by atoms with Crippen LogP contribution < -0.4 is 0 Å². The maximum Gasteiger partial charge on any atom is -0.0360 e. The second kappa shape index (κ2) is 1.49. The molecule has 0 heterocycles. The molecule has 0 saturated heterocycles. The first-order valence-electron chi connectivity index (χ1n) is 3.88. The molecule has 2 saturated carbocycles. The van der Waals surface area contributed by atoms with E-state index in [-0.39, 0.29) is 0 Å². The van der Waals surface area contributed by atoms with Gasteiger partial charge in [0.1, 0.15) is 0 Å². The van der Waals surface area contributed by atoms with Gasteiger partial charge in [-0.15, -0.1) is 0 Å². The molecule has 2 fully saturated rings. The molecule has 0 radical (unpaired) electrons. The Kier molecular flexibility index (Phi) is 0.902. The fourth-order valence-corrected chi connectivity index (χ4v) is 2.39. The molecule has 2 rings (SSSR count). The molecule has 0 aromatic carbocycles. The van der Waals surface area contributed by atoms with Crippen LogP contribution in [0.3, 0.4) is 0 Å². The third kappa shape index (κ3) is 0.463. The minimum atomic E-state index is 1.08. The second-order valence-corrected chi connectivity index (χ2v) is 3.56. The summed E-state index contributed by atoms with van der Waals surface area (Å²) in [5, 5.41) is 0. The Morgan fingerprint density at radius 1 is 1.00 bits per heavy atom. The highest BCUT2D eigenvalue weighted by molar-refractivity contribution is 4.89. The van der Waals surface area contributed by atoms with Gasteiger partial charge in [0.2, 0.25) is 0 Å². The molecule has 0 aromatic heterocycles. The smallest absolute Gasteiger partial charge is 0.0360 e. The largest absolute Gasteiger partial charge is 0.0622 e. The number of hydrogen-bond acceptors (Lipinski definition) is 0. The molecule has 0 amide bonds. The van der Waals surface area contributed by atoms with Crippen molar-refractivity contribution in [3.05, 3.63) is 0 Å². The van der Waals surface area contributed by atoms with E-state index in [9.17, 15) is 0 Å². The predicted octanol–water partition coefficient (Wildman–Crippen LogP) is 2.44. The zero-order chi connectivity index (χ0) is 5.56. The van der Waals surface area contributed by atoms with Crippen LogP contribution in [-0.4, -0.2) is 0 Å². The monoisotopic (exact) mass is 110 g/mol. The molecular weight excluding hydrogens is 96.1 g/mol. The van der Waals surface area contributed by atoms with Gasteiger partial charge < -0.3 is 0 Å². The number of rotatable bonds is 0. The molecule has 0 bridgehead atoms. The van der Waals surface area contributed by atoms with E-state index in [2.05, 4.69) is 6.92 Å². The highest BCUT2D eigenvalue weighted by Gasteiger charge is 2.39. The van der Waals surface area contributed by atoms with Crippen LogP contribution in [0.5, 0.6) is 0 Å². The van der Waals surface area contributed by atoms with Gasteiger partial charge in [0, 0.05) is 0 Å². The van der Waals surface area contributed by atoms with E-state index in [0.717, 1.165) is 11.8 Å². The lowest BCUT2D eigenvalue weighted by molar-refractivity contribution is 0.180. The van der Waals surface area contributed by atoms with Gasteiger partial charge in [0.05, 0.1) is 0 Å². The van der Waals surface area contributed by atoms with Crippen LogP contribution >= 0.6 is 0 Å². The van der Waals surface area contributed by atoms with E-state index >= 15 is 0 Å². The summed E-state index contributed by atoms with van der Waals surface area (Å²) >= 11 is 0. The van der Waals surface area contributed by atoms with Crippen molar-refractivity contribution in [1.29, 1.82) is 0 Å². The molecule has 8 heavy (non-hydrogen) atoms. The number of hydrogen-bond donors (Lipinski definition) is 0. The Morgan fingerprint density at radius 2 is 1.75 bits per heavy atom. The average molecular weight is 110 g/mol. The van der Waals surface area contributed by atoms with Crippen LogP contribution in [0.15, 0.2) is 0 Å². The van der Waals surface area contributed by atoms with Crippen LogP contribution in [-0.2, 0) is 0 Å². The van der Waals surface area contributed by atoms with E-state index in [0.29, 0.717) is 0 Å². The molecule has 3 atom stereocenters. The molecule has 46 valence electrons. The second-order valence-electron chi connectivity index (χ2n) is 3.56. The summed E-state index contributed by atoms with van der Waals surface area (Å²) in [6.07, 6.45) is 6.17. The van der Waals surface area contributed by atoms with E-state index in [4.69, 9.17) is 0 Å². The van der Waals surface area contributed by atoms with Gasteiger partial charge in [-0.25, -0.2) is 0 Å². The predicted molar refractivity (Wildman–Crippen MR) is 34.6 cm³/mol. The van der Waals surface area contributed by atoms with Gasteiger partial charge in [-0.3, -0.25) is 0 Å². The van der Waals surface area contributed by atoms with Crippen molar-refractivity contribution in [3.63, 3.8) is 0 Å². The quantitative estimate of drug-likeness (QED) is 0.449. The first kappa shape index (κ1) is 4.84. The Balaban J connectivity index is 2.05. The first-order valence-corrected chi connectivity index (χ1v) is 3.88. The molecule has 0 nitrogen and oxygen atoms in total. The fraction of sp³-hybridized carbons (Fsp3) is 1.00. The van der Waals surface area contributed by atoms with Crippen molar-refractivity contribution in [2.45, 2.75) is 32.6 Å². The highest BCUT2D eigenvalue weighted by Crippen LogP contribution is 2.49. The lowest BCUT2D eigenvalue weighted by Gasteiger charge is -2.32. The summed E-state index contributed by atoms with van der Waals surface area (Å²) in [5.74, 6) is 3.41. The van der Waals surface area contributed by atoms with Crippen LogP contribution in [0.25, 0.3) is 0 Å². The van der Waals surface area contributed by atoms with Crippen LogP contribution in [0.4, 0.5) is 0 Å². The summed E-state index contributed by atoms with van der Waals surface area (Å²) < 4.78 is 0. The SMILES string of the molecule is C[C@@H]1CCC2CC[C@@H]21. The van der Waals surface area contributed by atoms with E-state index in [1.165, 1.54) is 12.3 Å². The van der Waals surface area contributed by atoms with Gasteiger partial charge in [-0.05, 0) is 37.0 Å². The zero-order valence-corrected chi connectivity index (χ0v) is 5.56. The Labute approximate surface area is 51.3 Å². The van der Waals surface area contributed by atoms with Crippen molar-refractivity contribution < 1.29 is 0 Å². The summed E-state index contributed by atoms with van der Waals surface area (Å²) in [7, 11) is 0. The van der Waals surface area contributed by atoms with Gasteiger partial charge >= 0.3 is 0 Å². The molecule has 0 heteroatoms. The minimum Gasteiger partial charge on any atom is -0.0622 e. The average Bonchev–Trinajstić information content (AvgIpc) is 1.80. The third-order valence-corrected chi connectivity index (χ3v) is 3.20. The minimum absolute atomic E-state index is 1.08. The molecule has 0 aromatic rings. The number of fused-ring (bicyclic) bond motifs is 1. The standard InChI is InChI=1S/C8H14/c1-6-2-3-7-4-5-8(6)7/h6-8H,2-5H2,1H3/t6-,7?,8-/m1/s1. The fourth-order valence-electron chi connectivity index (χ4n) is 2.39. The van der Waals surface area contributed by atoms with Gasteiger partial charge in [0.15, 0.2) is 0 Å². The maximum atomic E-state index is 2.42. The van der Waals surface area contributed by atoms with Crippen LogP contribution in [0, 0.1) is 17.8 Å². The van der Waals surface area contributed by atoms with Crippen molar-refractivity contribution in [3.8, 4) is 0 Å². The molecule has 2 aliphatic carbocycles. The van der Waals surface area contributed by atoms with Gasteiger partial charge in [-0.2, -0.15) is 0 Å². The Morgan fingerprint density at radius 3 is 2.00 bits per heavy atom. The van der Waals surface area contributed by atoms with E-state index in [1.807, 2.05) is 0 Å². The van der Waals surface area contributed by atoms with E-state index < -0.39 is 0 Å². The van der Waals surface area contributed by atoms with E-state index in [1.54, 1.807) is 19.3 Å². The first-order chi connectivity index (χ1) is 3.88. The lowest BCUT2D eigenvalue weighted by Crippen LogP contribution is -2.23. The summed E-state index contributed by atoms with van der Waals surface area (Å²) in [6.45, 7) is 2.42. The van der Waals surface area contributed by atoms with Gasteiger partial charge in [-0.1, -0.05) is 13.3 Å². The zero-order valence-electron chi connectivity index (χ0n) is 5.56. The lowest BCUT2D eigenvalue weighted by atomic mass is 9.73. The van der Waals surface area contributed by atoms with Crippen LogP contribution in [0.2, 0.25) is 0 Å². The Hall–Kier alpha value is 0. The Bertz CT molecular complexity index is 90.2. The molecule has 1 unspecified atom stereocenters. The molecule has 0 N–H and O–H groups in total. The van der Waals surface area contributed by atoms with Crippen molar-refractivity contribution in [2.75, 3.05) is 0 Å². The molecular formula is C8H14. The van der Waals surface area contributed by atoms with Crippen molar-refractivity contribution >= 4 is 0 Å². The molecule has 2 aliphatic rings. The van der Waals surface area contributed by atoms with Crippen molar-refractivity contribution in [2.24, 2.45) is 17.8 Å². The molecule has 0 aliphatic heterocycles. The molecule has 0 spiro atoms. The third-order valence-electron chi connectivity index (χ3n) is 3.20. The summed E-state index contributed by atoms with van der Waals surface area (Å²) in [4.78, 5) is 0. The van der Waals surface area contributed by atoms with Crippen molar-refractivity contribution in [1.82, 2.24) is 0 Å². The van der Waals surface area contributed by atoms with Gasteiger partial charge in [0.25, 0.3) is 0 Å². The summed E-state index contributed by atoms with van der Waals surface area (Å²) in [5.41, 5.74) is 0. The summed E-state index contributed by atoms with van der Waals surface area (Å²) in [6, 6.07) is 0. The normalized spacial score (nSPS) is 52.9. The topological polar surface area (TPSA) is 0 Å².